The number of hydrogen-bond donors (Lipinski definition) is 1. The van der Waals surface area contributed by atoms with Crippen LogP contribution in [0.2, 0.25) is 0 Å². The average Bonchev–Trinajstić information content (AvgIpc) is 3.96. The second kappa shape index (κ2) is 18.3. The minimum atomic E-state index is -0.623. The summed E-state index contributed by atoms with van der Waals surface area (Å²) in [5.41, 5.74) is -1.20. The summed E-state index contributed by atoms with van der Waals surface area (Å²) >= 11 is 3.26. The van der Waals surface area contributed by atoms with Crippen molar-refractivity contribution in [3.05, 3.63) is 135 Å². The van der Waals surface area contributed by atoms with Crippen molar-refractivity contribution in [2.75, 3.05) is 11.9 Å². The number of aromatic nitrogens is 12. The van der Waals surface area contributed by atoms with Gasteiger partial charge in [0.15, 0.2) is 0 Å². The third kappa shape index (κ3) is 9.05. The molecule has 2 atom stereocenters. The molecule has 6 aromatic heterocycles. The number of H-pyrrole nitrogens is 1. The number of halogens is 2. The highest BCUT2D eigenvalue weighted by molar-refractivity contribution is 9.09. The van der Waals surface area contributed by atoms with E-state index in [-0.39, 0.29) is 23.3 Å². The van der Waals surface area contributed by atoms with Crippen molar-refractivity contribution in [2.45, 2.75) is 83.3 Å². The van der Waals surface area contributed by atoms with Crippen LogP contribution in [0.5, 0.6) is 0 Å². The van der Waals surface area contributed by atoms with Gasteiger partial charge in [-0.1, -0.05) is 28.1 Å². The van der Waals surface area contributed by atoms with Gasteiger partial charge >= 0.3 is 34.1 Å². The lowest BCUT2D eigenvalue weighted by molar-refractivity contribution is -0.0295. The lowest BCUT2D eigenvalue weighted by Gasteiger charge is -2.39. The largest absolute Gasteiger partial charge is 0.373 e. The van der Waals surface area contributed by atoms with Gasteiger partial charge < -0.3 is 18.4 Å². The molecule has 0 aliphatic carbocycles. The summed E-state index contributed by atoms with van der Waals surface area (Å²) in [7, 11) is 5.21. The summed E-state index contributed by atoms with van der Waals surface area (Å²) < 4.78 is 31.6. The molecular formula is C39H47BrFN13O7. The van der Waals surface area contributed by atoms with Gasteiger partial charge in [0.1, 0.15) is 5.82 Å². The molecule has 2 fully saturated rings. The summed E-state index contributed by atoms with van der Waals surface area (Å²) in [6.07, 6.45) is 15.5. The quantitative estimate of drug-likeness (QED) is 0.191. The van der Waals surface area contributed by atoms with Gasteiger partial charge in [-0.2, -0.15) is 15.0 Å². The Kier molecular flexibility index (Phi) is 12.9. The fourth-order valence-corrected chi connectivity index (χ4v) is 8.29. The van der Waals surface area contributed by atoms with Crippen LogP contribution in [0.3, 0.4) is 0 Å². The Hall–Kier alpha value is -6.00. The van der Waals surface area contributed by atoms with Crippen molar-refractivity contribution in [3.8, 4) is 0 Å². The molecule has 0 spiro atoms. The summed E-state index contributed by atoms with van der Waals surface area (Å²) in [6.45, 7) is 3.79. The first-order valence-corrected chi connectivity index (χ1v) is 21.0. The van der Waals surface area contributed by atoms with Crippen LogP contribution in [0.15, 0.2) is 84.1 Å². The molecule has 2 aliphatic heterocycles. The van der Waals surface area contributed by atoms with E-state index in [2.05, 4.69) is 40.8 Å². The molecule has 2 aliphatic rings. The Labute approximate surface area is 353 Å². The molecule has 0 radical (unpaired) electrons. The zero-order chi connectivity index (χ0) is 43.5. The van der Waals surface area contributed by atoms with Gasteiger partial charge in [-0.25, -0.2) is 55.5 Å². The van der Waals surface area contributed by atoms with Gasteiger partial charge in [0.2, 0.25) is 17.3 Å². The number of alkyl halides is 1. The zero-order valence-corrected chi connectivity index (χ0v) is 35.8. The van der Waals surface area contributed by atoms with E-state index < -0.39 is 22.8 Å². The van der Waals surface area contributed by atoms with Gasteiger partial charge in [-0.05, 0) is 57.1 Å². The lowest BCUT2D eigenvalue weighted by atomic mass is 9.99. The molecule has 9 rings (SSSR count). The molecular weight excluding hydrogens is 861 g/mol. The van der Waals surface area contributed by atoms with E-state index in [4.69, 9.17) is 4.74 Å². The molecule has 2 bridgehead atoms. The minimum Gasteiger partial charge on any atom is -0.373 e. The lowest BCUT2D eigenvalue weighted by Crippen LogP contribution is -2.46. The van der Waals surface area contributed by atoms with Crippen molar-refractivity contribution in [3.63, 3.8) is 0 Å². The molecule has 0 saturated carbocycles. The van der Waals surface area contributed by atoms with Crippen LogP contribution in [0.1, 0.15) is 49.7 Å². The molecule has 61 heavy (non-hydrogen) atoms. The smallest absolute Gasteiger partial charge is 0.354 e. The number of fused-ring (bicyclic) bond motifs is 5. The van der Waals surface area contributed by atoms with Crippen LogP contribution in [0.4, 0.5) is 4.39 Å². The molecule has 20 nitrogen and oxygen atoms in total. The number of benzene rings is 1. The number of hydrogen-bond acceptors (Lipinski definition) is 11. The van der Waals surface area contributed by atoms with Gasteiger partial charge in [-0.3, -0.25) is 9.88 Å². The maximum absolute atomic E-state index is 14.1. The highest BCUT2D eigenvalue weighted by Crippen LogP contribution is 2.37. The van der Waals surface area contributed by atoms with Gasteiger partial charge in [0, 0.05) is 101 Å². The van der Waals surface area contributed by atoms with E-state index >= 15 is 0 Å². The molecule has 7 aromatic rings. The molecule has 0 amide bonds. The minimum absolute atomic E-state index is 0.134. The number of ether oxygens (including phenoxy) is 1. The van der Waals surface area contributed by atoms with Crippen LogP contribution in [-0.2, 0) is 45.6 Å². The van der Waals surface area contributed by atoms with Gasteiger partial charge in [0.25, 0.3) is 0 Å². The van der Waals surface area contributed by atoms with Crippen LogP contribution in [-0.4, -0.2) is 90.9 Å². The van der Waals surface area contributed by atoms with E-state index in [1.807, 2.05) is 13.0 Å². The van der Waals surface area contributed by atoms with E-state index in [9.17, 15) is 33.2 Å². The van der Waals surface area contributed by atoms with Crippen molar-refractivity contribution >= 4 is 33.3 Å². The second-order valence-electron chi connectivity index (χ2n) is 15.2. The molecule has 8 heterocycles. The Bertz CT molecular complexity index is 3030. The highest BCUT2D eigenvalue weighted by atomic mass is 79.9. The fraction of sp³-hybridized carbons (Fsp3) is 0.462. The first-order chi connectivity index (χ1) is 29.2. The van der Waals surface area contributed by atoms with Crippen molar-refractivity contribution in [1.82, 2.24) is 60.9 Å². The van der Waals surface area contributed by atoms with Crippen molar-refractivity contribution in [2.24, 2.45) is 21.1 Å². The maximum atomic E-state index is 14.1. The predicted octanol–water partition coefficient (Wildman–Crippen LogP) is 0.946. The normalized spacial score (nSPS) is 17.4. The standard InChI is InChI=1S/C24H30FN5O3.C9H11BrN4O2.C6H6N4O2/c1-16-5-3-6-21(25)20(16)15-33-19-13-17-7-8-18(14-19)28(17)9-4-10-30-23(31)26-22-27(2)11-12-29(22)24(30)32;1-12-5-6-13-7(12)11-8(15)14(9(13)16)4-2-3-10;1-9-2-3-10-5(9)7-4(11)8-6(10)12/h3,5-6,11-12,17-19H,4,7-10,13-15H2,1-2H3;5-6H,2-4H2,1H3;2-3H,1H3,(H,8,11,12). The highest BCUT2D eigenvalue weighted by Gasteiger charge is 2.40. The molecule has 2 unspecified atom stereocenters. The molecule has 1 N–H and O–H groups in total. The van der Waals surface area contributed by atoms with Crippen LogP contribution >= 0.6 is 15.9 Å². The van der Waals surface area contributed by atoms with E-state index in [1.165, 1.54) is 23.8 Å². The van der Waals surface area contributed by atoms with E-state index in [0.29, 0.717) is 61.1 Å². The van der Waals surface area contributed by atoms with Gasteiger partial charge in [-0.15, -0.1) is 0 Å². The zero-order valence-electron chi connectivity index (χ0n) is 34.2. The first-order valence-electron chi connectivity index (χ1n) is 19.9. The summed E-state index contributed by atoms with van der Waals surface area (Å²) in [5, 5.41) is 0.746. The molecule has 22 heteroatoms. The number of aromatic amines is 1. The van der Waals surface area contributed by atoms with Crippen LogP contribution < -0.4 is 34.1 Å². The summed E-state index contributed by atoms with van der Waals surface area (Å²) in [6, 6.07) is 5.99. The topological polar surface area (TPSA) is 207 Å². The van der Waals surface area contributed by atoms with E-state index in [1.54, 1.807) is 78.1 Å². The number of piperidine rings is 1. The third-order valence-electron chi connectivity index (χ3n) is 11.2. The summed E-state index contributed by atoms with van der Waals surface area (Å²) in [4.78, 5) is 86.5. The number of aryl methyl sites for hydroxylation is 4. The summed E-state index contributed by atoms with van der Waals surface area (Å²) in [5.74, 6) is 0.852. The number of imidazole rings is 3. The molecule has 324 valence electrons. The first kappa shape index (κ1) is 43.1. The predicted molar refractivity (Wildman–Crippen MR) is 226 cm³/mol. The van der Waals surface area contributed by atoms with Crippen molar-refractivity contribution < 1.29 is 9.13 Å². The number of nitrogens with one attached hydrogen (secondary N) is 1. The Morgan fingerprint density at radius 1 is 0.721 bits per heavy atom. The SMILES string of the molecule is Cc1cccc(F)c1COC1CC2CCC(C1)N2CCCn1c(=O)nc2n(C)ccn2c1=O.Cn1ccn2c(=O)[nH]c(=O)nc12.Cn1ccn2c(=O)n(CCCBr)c(=O)nc12. The Morgan fingerprint density at radius 3 is 1.79 bits per heavy atom. The Morgan fingerprint density at radius 2 is 1.25 bits per heavy atom. The monoisotopic (exact) mass is 907 g/mol. The van der Waals surface area contributed by atoms with Gasteiger partial charge in [0.05, 0.1) is 12.7 Å². The maximum Gasteiger partial charge on any atom is 0.354 e. The van der Waals surface area contributed by atoms with Crippen LogP contribution in [0, 0.1) is 12.7 Å². The third-order valence-corrected chi connectivity index (χ3v) is 11.8. The molecule has 1 aromatic carbocycles. The fourth-order valence-electron chi connectivity index (χ4n) is 8.04. The average molecular weight is 909 g/mol. The Balaban J connectivity index is 0.000000165. The number of nitrogens with zero attached hydrogens (tertiary/aromatic N) is 12. The van der Waals surface area contributed by atoms with Crippen LogP contribution in [0.25, 0.3) is 17.3 Å². The number of rotatable bonds is 10. The van der Waals surface area contributed by atoms with Crippen molar-refractivity contribution in [1.29, 1.82) is 0 Å². The van der Waals surface area contributed by atoms with E-state index in [0.717, 1.165) is 54.1 Å². The second-order valence-corrected chi connectivity index (χ2v) is 16.0. The molecule has 2 saturated heterocycles.